The van der Waals surface area contributed by atoms with Crippen LogP contribution < -0.4 is 10.6 Å². The van der Waals surface area contributed by atoms with E-state index in [0.29, 0.717) is 10.7 Å². The number of amides is 2. The topological polar surface area (TPSA) is 58.2 Å². The lowest BCUT2D eigenvalue weighted by Gasteiger charge is -2.09. The van der Waals surface area contributed by atoms with Crippen LogP contribution in [0.2, 0.25) is 15.1 Å². The van der Waals surface area contributed by atoms with E-state index in [9.17, 15) is 9.59 Å². The largest absolute Gasteiger partial charge is 0.318 e. The van der Waals surface area contributed by atoms with Crippen LogP contribution in [-0.2, 0) is 9.59 Å². The Labute approximate surface area is 136 Å². The predicted octanol–water partition coefficient (Wildman–Crippen LogP) is 4.22. The number of anilines is 2. The number of benzene rings is 2. The van der Waals surface area contributed by atoms with E-state index in [4.69, 9.17) is 34.8 Å². The molecule has 0 saturated carbocycles. The van der Waals surface area contributed by atoms with Gasteiger partial charge in [0.25, 0.3) is 0 Å². The maximum Gasteiger partial charge on any atom is 0.314 e. The highest BCUT2D eigenvalue weighted by Crippen LogP contribution is 2.29. The lowest BCUT2D eigenvalue weighted by Crippen LogP contribution is -2.29. The molecule has 2 aromatic rings. The molecule has 0 aliphatic carbocycles. The number of carbonyl (C=O) groups is 2. The summed E-state index contributed by atoms with van der Waals surface area (Å²) in [5.41, 5.74) is 0.597. The second kappa shape index (κ2) is 6.80. The lowest BCUT2D eigenvalue weighted by molar-refractivity contribution is -0.132. The molecule has 0 spiro atoms. The fourth-order valence-electron chi connectivity index (χ4n) is 1.54. The van der Waals surface area contributed by atoms with Crippen molar-refractivity contribution in [2.75, 3.05) is 10.6 Å². The molecule has 0 aliphatic heterocycles. The normalized spacial score (nSPS) is 10.0. The van der Waals surface area contributed by atoms with Crippen LogP contribution in [0.25, 0.3) is 0 Å². The first kappa shape index (κ1) is 15.6. The maximum atomic E-state index is 11.8. The number of carbonyl (C=O) groups excluding carboxylic acids is 2. The van der Waals surface area contributed by atoms with Crippen molar-refractivity contribution in [3.05, 3.63) is 57.5 Å². The number of rotatable bonds is 2. The van der Waals surface area contributed by atoms with Crippen LogP contribution in [0.4, 0.5) is 11.4 Å². The maximum absolute atomic E-state index is 11.8. The van der Waals surface area contributed by atoms with Gasteiger partial charge in [0.05, 0.1) is 15.7 Å². The molecule has 4 nitrogen and oxygen atoms in total. The van der Waals surface area contributed by atoms with Crippen LogP contribution >= 0.6 is 34.8 Å². The summed E-state index contributed by atoms with van der Waals surface area (Å²) < 4.78 is 0. The quantitative estimate of drug-likeness (QED) is 0.802. The summed E-state index contributed by atoms with van der Waals surface area (Å²) in [6, 6.07) is 11.2. The average molecular weight is 344 g/mol. The van der Waals surface area contributed by atoms with Crippen molar-refractivity contribution in [1.29, 1.82) is 0 Å². The van der Waals surface area contributed by atoms with Gasteiger partial charge in [0.15, 0.2) is 0 Å². The molecule has 2 aromatic carbocycles. The standard InChI is InChI=1S/C14H9Cl3N2O2/c15-8-3-1-4-9(7-8)18-13(20)14(21)19-12-10(16)5-2-6-11(12)17/h1-7H,(H,18,20)(H,19,21). The van der Waals surface area contributed by atoms with Crippen molar-refractivity contribution >= 4 is 58.0 Å². The molecular formula is C14H9Cl3N2O2. The first-order valence-electron chi connectivity index (χ1n) is 5.79. The molecule has 0 radical (unpaired) electrons. The smallest absolute Gasteiger partial charge is 0.314 e. The number of hydrogen-bond donors (Lipinski definition) is 2. The number of halogens is 3. The van der Waals surface area contributed by atoms with Gasteiger partial charge in [-0.05, 0) is 30.3 Å². The summed E-state index contributed by atoms with van der Waals surface area (Å²) in [5.74, 6) is -1.74. The predicted molar refractivity (Wildman–Crippen MR) is 85.2 cm³/mol. The zero-order chi connectivity index (χ0) is 15.4. The third-order valence-corrected chi connectivity index (χ3v) is 3.36. The summed E-state index contributed by atoms with van der Waals surface area (Å²) in [5, 5.41) is 5.72. The molecule has 0 aliphatic rings. The zero-order valence-electron chi connectivity index (χ0n) is 10.5. The molecule has 21 heavy (non-hydrogen) atoms. The Morgan fingerprint density at radius 2 is 1.38 bits per heavy atom. The van der Waals surface area contributed by atoms with Gasteiger partial charge in [0.1, 0.15) is 0 Å². The SMILES string of the molecule is O=C(Nc1cccc(Cl)c1)C(=O)Nc1c(Cl)cccc1Cl. The first-order valence-corrected chi connectivity index (χ1v) is 6.92. The van der Waals surface area contributed by atoms with Crippen molar-refractivity contribution in [3.63, 3.8) is 0 Å². The zero-order valence-corrected chi connectivity index (χ0v) is 12.8. The highest BCUT2D eigenvalue weighted by molar-refractivity contribution is 6.46. The van der Waals surface area contributed by atoms with Crippen LogP contribution in [0.5, 0.6) is 0 Å². The summed E-state index contributed by atoms with van der Waals surface area (Å²) in [7, 11) is 0. The average Bonchev–Trinajstić information content (AvgIpc) is 2.43. The fraction of sp³-hybridized carbons (Fsp3) is 0. The Hall–Kier alpha value is -1.75. The first-order chi connectivity index (χ1) is 9.97. The van der Waals surface area contributed by atoms with Gasteiger partial charge in [-0.3, -0.25) is 9.59 Å². The van der Waals surface area contributed by atoms with Crippen LogP contribution in [0, 0.1) is 0 Å². The van der Waals surface area contributed by atoms with Gasteiger partial charge < -0.3 is 10.6 Å². The molecule has 0 saturated heterocycles. The van der Waals surface area contributed by atoms with E-state index in [-0.39, 0.29) is 15.7 Å². The molecule has 0 heterocycles. The van der Waals surface area contributed by atoms with Gasteiger partial charge in [-0.15, -0.1) is 0 Å². The van der Waals surface area contributed by atoms with Gasteiger partial charge in [0, 0.05) is 10.7 Å². The minimum atomic E-state index is -0.884. The molecule has 0 bridgehead atoms. The van der Waals surface area contributed by atoms with Crippen LogP contribution in [-0.4, -0.2) is 11.8 Å². The molecule has 0 unspecified atom stereocenters. The van der Waals surface area contributed by atoms with Crippen LogP contribution in [0.3, 0.4) is 0 Å². The Morgan fingerprint density at radius 3 is 2.00 bits per heavy atom. The number of hydrogen-bond acceptors (Lipinski definition) is 2. The second-order valence-corrected chi connectivity index (χ2v) is 5.27. The molecule has 0 fully saturated rings. The van der Waals surface area contributed by atoms with Crippen molar-refractivity contribution in [3.8, 4) is 0 Å². The fourth-order valence-corrected chi connectivity index (χ4v) is 2.22. The summed E-state index contributed by atoms with van der Waals surface area (Å²) in [4.78, 5) is 23.6. The molecule has 2 amide bonds. The molecule has 0 aromatic heterocycles. The van der Waals surface area contributed by atoms with Crippen molar-refractivity contribution < 1.29 is 9.59 Å². The Balaban J connectivity index is 2.08. The van der Waals surface area contributed by atoms with E-state index in [1.54, 1.807) is 36.4 Å². The number of para-hydroxylation sites is 1. The third-order valence-electron chi connectivity index (χ3n) is 2.49. The molecule has 108 valence electrons. The Morgan fingerprint density at radius 1 is 0.810 bits per heavy atom. The minimum absolute atomic E-state index is 0.187. The Bertz CT molecular complexity index is 684. The van der Waals surface area contributed by atoms with E-state index in [1.165, 1.54) is 6.07 Å². The van der Waals surface area contributed by atoms with Crippen molar-refractivity contribution in [1.82, 2.24) is 0 Å². The van der Waals surface area contributed by atoms with Gasteiger partial charge in [-0.2, -0.15) is 0 Å². The molecular weight excluding hydrogens is 335 g/mol. The Kier molecular flexibility index (Phi) is 5.07. The van der Waals surface area contributed by atoms with Crippen molar-refractivity contribution in [2.45, 2.75) is 0 Å². The lowest BCUT2D eigenvalue weighted by atomic mass is 10.3. The molecule has 0 atom stereocenters. The third kappa shape index (κ3) is 4.11. The van der Waals surface area contributed by atoms with E-state index < -0.39 is 11.8 Å². The van der Waals surface area contributed by atoms with E-state index in [1.807, 2.05) is 0 Å². The highest BCUT2D eigenvalue weighted by atomic mass is 35.5. The van der Waals surface area contributed by atoms with Crippen LogP contribution in [0.15, 0.2) is 42.5 Å². The van der Waals surface area contributed by atoms with Crippen LogP contribution in [0.1, 0.15) is 0 Å². The van der Waals surface area contributed by atoms with Gasteiger partial charge in [0.2, 0.25) is 0 Å². The van der Waals surface area contributed by atoms with E-state index >= 15 is 0 Å². The van der Waals surface area contributed by atoms with Gasteiger partial charge in [-0.25, -0.2) is 0 Å². The highest BCUT2D eigenvalue weighted by Gasteiger charge is 2.17. The second-order valence-electron chi connectivity index (χ2n) is 4.02. The molecule has 7 heteroatoms. The summed E-state index contributed by atoms with van der Waals surface area (Å²) >= 11 is 17.6. The van der Waals surface area contributed by atoms with Gasteiger partial charge >= 0.3 is 11.8 Å². The van der Waals surface area contributed by atoms with E-state index in [2.05, 4.69) is 10.6 Å². The number of nitrogens with one attached hydrogen (secondary N) is 2. The monoisotopic (exact) mass is 342 g/mol. The molecule has 2 N–H and O–H groups in total. The molecule has 2 rings (SSSR count). The van der Waals surface area contributed by atoms with E-state index in [0.717, 1.165) is 0 Å². The summed E-state index contributed by atoms with van der Waals surface area (Å²) in [6.07, 6.45) is 0. The summed E-state index contributed by atoms with van der Waals surface area (Å²) in [6.45, 7) is 0. The van der Waals surface area contributed by atoms with Crippen molar-refractivity contribution in [2.24, 2.45) is 0 Å². The minimum Gasteiger partial charge on any atom is -0.318 e. The van der Waals surface area contributed by atoms with Gasteiger partial charge in [-0.1, -0.05) is 46.9 Å².